The van der Waals surface area contributed by atoms with E-state index in [1.54, 1.807) is 6.92 Å². The summed E-state index contributed by atoms with van der Waals surface area (Å²) in [5.41, 5.74) is 3.96. The fourth-order valence-electron chi connectivity index (χ4n) is 5.13. The van der Waals surface area contributed by atoms with Crippen molar-refractivity contribution in [2.24, 2.45) is 11.8 Å². The molecular weight excluding hydrogens is 366 g/mol. The maximum absolute atomic E-state index is 13.0. The Hall–Kier alpha value is -2.95. The predicted octanol–water partition coefficient (Wildman–Crippen LogP) is 3.86. The summed E-state index contributed by atoms with van der Waals surface area (Å²) in [7, 11) is 0. The molecule has 0 spiro atoms. The fraction of sp³-hybridized carbons (Fsp3) is 0.375. The first-order valence-electron chi connectivity index (χ1n) is 10.3. The molecule has 0 aromatic heterocycles. The number of nitrogens with zero attached hydrogens (tertiary/aromatic N) is 1. The molecule has 2 aliphatic carbocycles. The number of carbonyl (C=O) groups excluding carboxylic acids is 3. The topological polar surface area (TPSA) is 63.7 Å². The molecule has 2 aromatic carbocycles. The first kappa shape index (κ1) is 18.1. The van der Waals surface area contributed by atoms with Crippen molar-refractivity contribution < 1.29 is 19.1 Å². The highest BCUT2D eigenvalue weighted by atomic mass is 16.5. The van der Waals surface area contributed by atoms with E-state index in [0.29, 0.717) is 0 Å². The number of benzene rings is 2. The van der Waals surface area contributed by atoms with Gasteiger partial charge in [-0.1, -0.05) is 61.4 Å². The molecular formula is C24H23NO4. The third kappa shape index (κ3) is 2.71. The molecule has 2 aromatic rings. The zero-order valence-electron chi connectivity index (χ0n) is 16.3. The lowest BCUT2D eigenvalue weighted by molar-refractivity contribution is -0.160. The number of imide groups is 1. The second-order valence-corrected chi connectivity index (χ2v) is 8.21. The van der Waals surface area contributed by atoms with Crippen molar-refractivity contribution >= 4 is 17.8 Å². The monoisotopic (exact) mass is 389 g/mol. The number of esters is 1. The second-order valence-electron chi connectivity index (χ2n) is 8.21. The highest BCUT2D eigenvalue weighted by Crippen LogP contribution is 2.45. The Bertz CT molecular complexity index is 944. The average Bonchev–Trinajstić information content (AvgIpc) is 3.20. The SMILES string of the molecule is CC(C(=O)OC1c2ccccc2-c2ccccc21)N1C(=O)C2CCCCC2C1=O. The number of rotatable bonds is 3. The maximum atomic E-state index is 13.0. The van der Waals surface area contributed by atoms with Gasteiger partial charge in [0.15, 0.2) is 6.10 Å². The number of amides is 2. The molecule has 2 amide bonds. The lowest BCUT2D eigenvalue weighted by Crippen LogP contribution is -2.44. The molecule has 3 unspecified atom stereocenters. The molecule has 29 heavy (non-hydrogen) atoms. The van der Waals surface area contributed by atoms with Crippen LogP contribution < -0.4 is 0 Å². The Balaban J connectivity index is 1.41. The molecule has 1 saturated carbocycles. The number of carbonyl (C=O) groups is 3. The Labute approximate surface area is 169 Å². The minimum atomic E-state index is -0.916. The van der Waals surface area contributed by atoms with Gasteiger partial charge in [0, 0.05) is 11.1 Å². The van der Waals surface area contributed by atoms with Crippen molar-refractivity contribution in [2.45, 2.75) is 44.8 Å². The highest BCUT2D eigenvalue weighted by Gasteiger charge is 2.51. The van der Waals surface area contributed by atoms with Crippen LogP contribution in [0, 0.1) is 11.8 Å². The molecule has 1 heterocycles. The number of hydrogen-bond acceptors (Lipinski definition) is 4. The van der Waals surface area contributed by atoms with Gasteiger partial charge in [-0.3, -0.25) is 14.5 Å². The van der Waals surface area contributed by atoms with E-state index in [2.05, 4.69) is 0 Å². The van der Waals surface area contributed by atoms with Gasteiger partial charge in [0.2, 0.25) is 11.8 Å². The van der Waals surface area contributed by atoms with Gasteiger partial charge in [0.25, 0.3) is 0 Å². The highest BCUT2D eigenvalue weighted by molar-refractivity contribution is 6.07. The molecule has 0 N–H and O–H groups in total. The van der Waals surface area contributed by atoms with Gasteiger partial charge < -0.3 is 4.74 Å². The zero-order valence-corrected chi connectivity index (χ0v) is 16.3. The molecule has 5 nitrogen and oxygen atoms in total. The van der Waals surface area contributed by atoms with Crippen LogP contribution >= 0.6 is 0 Å². The molecule has 3 aliphatic rings. The minimum Gasteiger partial charge on any atom is -0.451 e. The summed E-state index contributed by atoms with van der Waals surface area (Å²) in [5, 5.41) is 0. The average molecular weight is 389 g/mol. The number of likely N-dealkylation sites (tertiary alicyclic amines) is 1. The van der Waals surface area contributed by atoms with Crippen molar-refractivity contribution in [3.05, 3.63) is 59.7 Å². The van der Waals surface area contributed by atoms with Crippen LogP contribution in [0.25, 0.3) is 11.1 Å². The van der Waals surface area contributed by atoms with Crippen LogP contribution in [0.4, 0.5) is 0 Å². The summed E-state index contributed by atoms with van der Waals surface area (Å²) in [6, 6.07) is 14.8. The zero-order chi connectivity index (χ0) is 20.1. The molecule has 5 rings (SSSR count). The standard InChI is InChI=1S/C24H23NO4/c1-14(25-22(26)19-12-6-7-13-20(19)23(25)27)24(28)29-21-17-10-4-2-8-15(17)16-9-3-5-11-18(16)21/h2-5,8-11,14,19-21H,6-7,12-13H2,1H3. The molecule has 1 saturated heterocycles. The fourth-order valence-corrected chi connectivity index (χ4v) is 5.13. The van der Waals surface area contributed by atoms with E-state index >= 15 is 0 Å². The van der Waals surface area contributed by atoms with E-state index < -0.39 is 18.1 Å². The van der Waals surface area contributed by atoms with Crippen molar-refractivity contribution in [3.8, 4) is 11.1 Å². The van der Waals surface area contributed by atoms with Crippen LogP contribution in [0.1, 0.15) is 49.8 Å². The lowest BCUT2D eigenvalue weighted by atomic mass is 9.81. The smallest absolute Gasteiger partial charge is 0.330 e. The third-order valence-corrected chi connectivity index (χ3v) is 6.61. The lowest BCUT2D eigenvalue weighted by Gasteiger charge is -2.24. The Morgan fingerprint density at radius 1 is 0.897 bits per heavy atom. The van der Waals surface area contributed by atoms with Crippen LogP contribution in [-0.4, -0.2) is 28.7 Å². The van der Waals surface area contributed by atoms with Crippen LogP contribution in [0.3, 0.4) is 0 Å². The summed E-state index contributed by atoms with van der Waals surface area (Å²) in [6.07, 6.45) is 2.87. The Kier molecular flexibility index (Phi) is 4.26. The van der Waals surface area contributed by atoms with Gasteiger partial charge >= 0.3 is 5.97 Å². The molecule has 148 valence electrons. The third-order valence-electron chi connectivity index (χ3n) is 6.61. The molecule has 5 heteroatoms. The molecule has 2 fully saturated rings. The largest absolute Gasteiger partial charge is 0.451 e. The van der Waals surface area contributed by atoms with Gasteiger partial charge in [0.1, 0.15) is 6.04 Å². The summed E-state index contributed by atoms with van der Waals surface area (Å²) in [6.45, 7) is 1.60. The molecule has 1 aliphatic heterocycles. The van der Waals surface area contributed by atoms with Crippen molar-refractivity contribution in [3.63, 3.8) is 0 Å². The number of ether oxygens (including phenoxy) is 1. The second kappa shape index (κ2) is 6.83. The molecule has 0 radical (unpaired) electrons. The van der Waals surface area contributed by atoms with E-state index in [9.17, 15) is 14.4 Å². The van der Waals surface area contributed by atoms with Crippen molar-refractivity contribution in [1.82, 2.24) is 4.90 Å². The van der Waals surface area contributed by atoms with E-state index in [1.807, 2.05) is 48.5 Å². The van der Waals surface area contributed by atoms with Crippen LogP contribution in [0.2, 0.25) is 0 Å². The van der Waals surface area contributed by atoms with E-state index in [4.69, 9.17) is 4.74 Å². The summed E-state index contributed by atoms with van der Waals surface area (Å²) in [4.78, 5) is 39.9. The van der Waals surface area contributed by atoms with Gasteiger partial charge in [-0.05, 0) is 30.9 Å². The number of hydrogen-bond donors (Lipinski definition) is 0. The van der Waals surface area contributed by atoms with Crippen LogP contribution in [-0.2, 0) is 19.1 Å². The first-order chi connectivity index (χ1) is 14.1. The first-order valence-corrected chi connectivity index (χ1v) is 10.3. The van der Waals surface area contributed by atoms with Gasteiger partial charge in [-0.2, -0.15) is 0 Å². The summed E-state index contributed by atoms with van der Waals surface area (Å²) >= 11 is 0. The predicted molar refractivity (Wildman–Crippen MR) is 107 cm³/mol. The van der Waals surface area contributed by atoms with E-state index in [1.165, 1.54) is 0 Å². The Morgan fingerprint density at radius 2 is 1.38 bits per heavy atom. The van der Waals surface area contributed by atoms with Crippen molar-refractivity contribution in [1.29, 1.82) is 0 Å². The van der Waals surface area contributed by atoms with Crippen molar-refractivity contribution in [2.75, 3.05) is 0 Å². The quantitative estimate of drug-likeness (QED) is 0.591. The van der Waals surface area contributed by atoms with Gasteiger partial charge in [0.05, 0.1) is 11.8 Å². The van der Waals surface area contributed by atoms with E-state index in [-0.39, 0.29) is 23.7 Å². The van der Waals surface area contributed by atoms with E-state index in [0.717, 1.165) is 52.8 Å². The van der Waals surface area contributed by atoms with Crippen LogP contribution in [0.5, 0.6) is 0 Å². The normalized spacial score (nSPS) is 24.1. The Morgan fingerprint density at radius 3 is 1.90 bits per heavy atom. The molecule has 3 atom stereocenters. The molecule has 0 bridgehead atoms. The number of fused-ring (bicyclic) bond motifs is 4. The van der Waals surface area contributed by atoms with Gasteiger partial charge in [-0.15, -0.1) is 0 Å². The van der Waals surface area contributed by atoms with Gasteiger partial charge in [-0.25, -0.2) is 4.79 Å². The summed E-state index contributed by atoms with van der Waals surface area (Å²) in [5.74, 6) is -1.49. The maximum Gasteiger partial charge on any atom is 0.330 e. The van der Waals surface area contributed by atoms with Crippen LogP contribution in [0.15, 0.2) is 48.5 Å². The summed E-state index contributed by atoms with van der Waals surface area (Å²) < 4.78 is 5.90. The minimum absolute atomic E-state index is 0.212.